The molecule has 0 radical (unpaired) electrons. The van der Waals surface area contributed by atoms with Gasteiger partial charge in [-0.15, -0.1) is 0 Å². The first-order valence-corrected chi connectivity index (χ1v) is 7.73. The third-order valence-corrected chi connectivity index (χ3v) is 3.40. The summed E-state index contributed by atoms with van der Waals surface area (Å²) in [6.45, 7) is 2.96. The maximum atomic E-state index is 8.64. The topological polar surface area (TPSA) is 42.0 Å². The molecular formula is C15H30O3. The molecule has 1 heterocycles. The highest BCUT2D eigenvalue weighted by Gasteiger charge is 2.21. The van der Waals surface area contributed by atoms with Crippen LogP contribution in [0, 0.1) is 0 Å². The van der Waals surface area contributed by atoms with Crippen LogP contribution in [-0.2, 0) is 9.47 Å². The van der Waals surface area contributed by atoms with E-state index < -0.39 is 0 Å². The zero-order valence-corrected chi connectivity index (χ0v) is 11.7. The third kappa shape index (κ3) is 11.0. The van der Waals surface area contributed by atoms with Gasteiger partial charge >= 0.3 is 0 Å². The maximum absolute atomic E-state index is 8.64. The summed E-state index contributed by atoms with van der Waals surface area (Å²) in [5, 5.41) is 8.64. The Kier molecular flexibility index (Phi) is 10.6. The lowest BCUT2D eigenvalue weighted by Crippen LogP contribution is -2.02. The van der Waals surface area contributed by atoms with E-state index in [9.17, 15) is 0 Å². The molecule has 0 aromatic rings. The van der Waals surface area contributed by atoms with Crippen molar-refractivity contribution >= 4 is 0 Å². The number of hydrogen-bond donors (Lipinski definition) is 1. The average molecular weight is 258 g/mol. The van der Waals surface area contributed by atoms with Gasteiger partial charge in [0.05, 0.1) is 13.2 Å². The Balaban J connectivity index is 1.60. The van der Waals surface area contributed by atoms with Crippen molar-refractivity contribution in [2.75, 3.05) is 26.4 Å². The Labute approximate surface area is 112 Å². The van der Waals surface area contributed by atoms with E-state index in [0.717, 1.165) is 26.2 Å². The van der Waals surface area contributed by atoms with Gasteiger partial charge in [0.25, 0.3) is 0 Å². The molecule has 1 aliphatic heterocycles. The lowest BCUT2D eigenvalue weighted by Gasteiger charge is -2.03. The zero-order chi connectivity index (χ0) is 12.9. The van der Waals surface area contributed by atoms with Crippen LogP contribution in [-0.4, -0.2) is 37.6 Å². The number of hydrogen-bond acceptors (Lipinski definition) is 3. The minimum absolute atomic E-state index is 0.356. The van der Waals surface area contributed by atoms with E-state index in [-0.39, 0.29) is 0 Å². The van der Waals surface area contributed by atoms with E-state index in [1.54, 1.807) is 0 Å². The molecule has 1 atom stereocenters. The van der Waals surface area contributed by atoms with Crippen molar-refractivity contribution in [1.82, 2.24) is 0 Å². The van der Waals surface area contributed by atoms with E-state index in [0.29, 0.717) is 12.7 Å². The van der Waals surface area contributed by atoms with Gasteiger partial charge in [-0.2, -0.15) is 0 Å². The maximum Gasteiger partial charge on any atom is 0.104 e. The quantitative estimate of drug-likeness (QED) is 0.384. The number of rotatable bonds is 14. The molecule has 18 heavy (non-hydrogen) atoms. The number of aliphatic hydroxyl groups excluding tert-OH is 1. The van der Waals surface area contributed by atoms with Gasteiger partial charge in [0.15, 0.2) is 0 Å². The average Bonchev–Trinajstić information content (AvgIpc) is 3.19. The number of unbranched alkanes of at least 4 members (excludes halogenated alkanes) is 9. The van der Waals surface area contributed by atoms with Gasteiger partial charge in [0.1, 0.15) is 6.10 Å². The predicted molar refractivity (Wildman–Crippen MR) is 73.8 cm³/mol. The second-order valence-electron chi connectivity index (χ2n) is 5.29. The molecular weight excluding hydrogens is 228 g/mol. The SMILES string of the molecule is OCCCCCCCCCCCCOCC1CO1. The Morgan fingerprint density at radius 3 is 1.83 bits per heavy atom. The molecule has 0 aromatic carbocycles. The largest absolute Gasteiger partial charge is 0.396 e. The molecule has 3 nitrogen and oxygen atoms in total. The zero-order valence-electron chi connectivity index (χ0n) is 11.7. The van der Waals surface area contributed by atoms with Crippen LogP contribution in [0.15, 0.2) is 0 Å². The summed E-state index contributed by atoms with van der Waals surface area (Å²) in [5.74, 6) is 0. The smallest absolute Gasteiger partial charge is 0.104 e. The first kappa shape index (κ1) is 15.9. The van der Waals surface area contributed by atoms with Crippen molar-refractivity contribution in [2.45, 2.75) is 70.3 Å². The van der Waals surface area contributed by atoms with E-state index in [1.807, 2.05) is 0 Å². The van der Waals surface area contributed by atoms with Crippen LogP contribution >= 0.6 is 0 Å². The third-order valence-electron chi connectivity index (χ3n) is 3.40. The second-order valence-corrected chi connectivity index (χ2v) is 5.29. The summed E-state index contributed by atoms with van der Waals surface area (Å²) in [4.78, 5) is 0. The molecule has 1 fully saturated rings. The summed E-state index contributed by atoms with van der Waals surface area (Å²) >= 11 is 0. The molecule has 0 aliphatic carbocycles. The molecule has 1 N–H and O–H groups in total. The first-order chi connectivity index (χ1) is 8.93. The fraction of sp³-hybridized carbons (Fsp3) is 1.00. The summed E-state index contributed by atoms with van der Waals surface area (Å²) in [5.41, 5.74) is 0. The molecule has 0 aromatic heterocycles. The van der Waals surface area contributed by atoms with Gasteiger partial charge in [-0.3, -0.25) is 0 Å². The van der Waals surface area contributed by atoms with Crippen LogP contribution < -0.4 is 0 Å². The molecule has 1 aliphatic rings. The highest BCUT2D eigenvalue weighted by molar-refractivity contribution is 4.66. The van der Waals surface area contributed by atoms with Crippen LogP contribution in [0.1, 0.15) is 64.2 Å². The molecule has 1 saturated heterocycles. The second kappa shape index (κ2) is 11.9. The highest BCUT2D eigenvalue weighted by atomic mass is 16.6. The summed E-state index contributed by atoms with van der Waals surface area (Å²) in [6.07, 6.45) is 13.2. The van der Waals surface area contributed by atoms with Gasteiger partial charge in [-0.25, -0.2) is 0 Å². The van der Waals surface area contributed by atoms with Gasteiger partial charge in [0.2, 0.25) is 0 Å². The van der Waals surface area contributed by atoms with Crippen LogP contribution in [0.3, 0.4) is 0 Å². The van der Waals surface area contributed by atoms with Gasteiger partial charge in [0, 0.05) is 13.2 Å². The van der Waals surface area contributed by atoms with Crippen molar-refractivity contribution in [3.05, 3.63) is 0 Å². The minimum Gasteiger partial charge on any atom is -0.396 e. The molecule has 1 unspecified atom stereocenters. The lowest BCUT2D eigenvalue weighted by molar-refractivity contribution is 0.113. The van der Waals surface area contributed by atoms with E-state index in [1.165, 1.54) is 57.8 Å². The van der Waals surface area contributed by atoms with Crippen molar-refractivity contribution < 1.29 is 14.6 Å². The minimum atomic E-state index is 0.356. The summed E-state index contributed by atoms with van der Waals surface area (Å²) in [7, 11) is 0. The van der Waals surface area contributed by atoms with E-state index >= 15 is 0 Å². The van der Waals surface area contributed by atoms with Gasteiger partial charge in [-0.05, 0) is 12.8 Å². The number of ether oxygens (including phenoxy) is 2. The summed E-state index contributed by atoms with van der Waals surface area (Å²) < 4.78 is 10.6. The van der Waals surface area contributed by atoms with Crippen LogP contribution in [0.5, 0.6) is 0 Å². The Bertz CT molecular complexity index is 169. The number of aliphatic hydroxyl groups is 1. The first-order valence-electron chi connectivity index (χ1n) is 7.73. The van der Waals surface area contributed by atoms with E-state index in [2.05, 4.69) is 0 Å². The van der Waals surface area contributed by atoms with Crippen LogP contribution in [0.25, 0.3) is 0 Å². The van der Waals surface area contributed by atoms with Crippen LogP contribution in [0.2, 0.25) is 0 Å². The molecule has 0 saturated carbocycles. The fourth-order valence-corrected chi connectivity index (χ4v) is 2.11. The van der Waals surface area contributed by atoms with E-state index in [4.69, 9.17) is 14.6 Å². The Hall–Kier alpha value is -0.120. The van der Waals surface area contributed by atoms with Crippen molar-refractivity contribution in [3.8, 4) is 0 Å². The summed E-state index contributed by atoms with van der Waals surface area (Å²) in [6, 6.07) is 0. The molecule has 0 amide bonds. The monoisotopic (exact) mass is 258 g/mol. The Morgan fingerprint density at radius 2 is 1.33 bits per heavy atom. The standard InChI is InChI=1S/C15H30O3/c16-11-9-7-5-3-1-2-4-6-8-10-12-17-13-15-14-18-15/h15-16H,1-14H2. The fourth-order valence-electron chi connectivity index (χ4n) is 2.11. The van der Waals surface area contributed by atoms with Gasteiger partial charge in [-0.1, -0.05) is 51.4 Å². The Morgan fingerprint density at radius 1 is 0.833 bits per heavy atom. The highest BCUT2D eigenvalue weighted by Crippen LogP contribution is 2.11. The van der Waals surface area contributed by atoms with Gasteiger partial charge < -0.3 is 14.6 Å². The number of epoxide rings is 1. The molecule has 0 bridgehead atoms. The predicted octanol–water partition coefficient (Wildman–Crippen LogP) is 3.30. The normalized spacial score (nSPS) is 18.2. The molecule has 108 valence electrons. The van der Waals surface area contributed by atoms with Crippen LogP contribution in [0.4, 0.5) is 0 Å². The molecule has 1 rings (SSSR count). The molecule has 0 spiro atoms. The lowest BCUT2D eigenvalue weighted by atomic mass is 10.1. The van der Waals surface area contributed by atoms with Crippen molar-refractivity contribution in [1.29, 1.82) is 0 Å². The molecule has 3 heteroatoms. The van der Waals surface area contributed by atoms with Crippen molar-refractivity contribution in [2.24, 2.45) is 0 Å². The van der Waals surface area contributed by atoms with Crippen molar-refractivity contribution in [3.63, 3.8) is 0 Å².